The van der Waals surface area contributed by atoms with Crippen molar-refractivity contribution in [2.24, 2.45) is 5.92 Å². The Morgan fingerprint density at radius 3 is 3.00 bits per heavy atom. The summed E-state index contributed by atoms with van der Waals surface area (Å²) in [6.07, 6.45) is 3.94. The summed E-state index contributed by atoms with van der Waals surface area (Å²) in [7, 11) is 2.04. The Morgan fingerprint density at radius 1 is 1.44 bits per heavy atom. The fraction of sp³-hybridized carbons (Fsp3) is 0.733. The molecule has 1 aromatic heterocycles. The molecule has 1 saturated heterocycles. The van der Waals surface area contributed by atoms with Gasteiger partial charge in [0.05, 0.1) is 6.54 Å². The lowest BCUT2D eigenvalue weighted by Gasteiger charge is -2.22. The van der Waals surface area contributed by atoms with Gasteiger partial charge in [-0.2, -0.15) is 0 Å². The molecule has 1 N–H and O–H groups in total. The van der Waals surface area contributed by atoms with Gasteiger partial charge in [0.25, 0.3) is 0 Å². The Balaban J connectivity index is 1.60. The van der Waals surface area contributed by atoms with Crippen molar-refractivity contribution in [2.45, 2.75) is 44.7 Å². The van der Waals surface area contributed by atoms with Crippen LogP contribution in [-0.4, -0.2) is 31.1 Å². The summed E-state index contributed by atoms with van der Waals surface area (Å²) in [4.78, 5) is 2.55. The van der Waals surface area contributed by atoms with Crippen LogP contribution in [0.2, 0.25) is 0 Å². The Kier molecular flexibility index (Phi) is 3.44. The second-order valence-corrected chi connectivity index (χ2v) is 5.95. The molecular formula is C15H24N2O. The molecule has 100 valence electrons. The van der Waals surface area contributed by atoms with E-state index in [1.807, 2.05) is 7.05 Å². The summed E-state index contributed by atoms with van der Waals surface area (Å²) in [6, 6.07) is 5.05. The zero-order valence-corrected chi connectivity index (χ0v) is 11.5. The number of likely N-dealkylation sites (N-methyl/N-ethyl adjacent to an activating group) is 1. The van der Waals surface area contributed by atoms with Crippen molar-refractivity contribution in [1.82, 2.24) is 10.2 Å². The van der Waals surface area contributed by atoms with E-state index >= 15 is 0 Å². The van der Waals surface area contributed by atoms with E-state index in [2.05, 4.69) is 29.3 Å². The third-order valence-electron chi connectivity index (χ3n) is 4.46. The van der Waals surface area contributed by atoms with Crippen LogP contribution < -0.4 is 5.32 Å². The molecule has 0 bridgehead atoms. The van der Waals surface area contributed by atoms with Gasteiger partial charge < -0.3 is 9.73 Å². The van der Waals surface area contributed by atoms with E-state index in [1.165, 1.54) is 31.6 Å². The molecule has 3 rings (SSSR count). The Labute approximate surface area is 110 Å². The van der Waals surface area contributed by atoms with Gasteiger partial charge in [-0.15, -0.1) is 0 Å². The highest BCUT2D eigenvalue weighted by Gasteiger charge is 2.36. The molecule has 2 aliphatic rings. The quantitative estimate of drug-likeness (QED) is 0.868. The first kappa shape index (κ1) is 12.2. The number of nitrogens with zero attached hydrogens (tertiary/aromatic N) is 1. The van der Waals surface area contributed by atoms with Crippen LogP contribution in [0.15, 0.2) is 16.5 Å². The molecule has 1 aliphatic carbocycles. The van der Waals surface area contributed by atoms with Crippen LogP contribution in [0.1, 0.15) is 43.6 Å². The first-order chi connectivity index (χ1) is 8.78. The van der Waals surface area contributed by atoms with Gasteiger partial charge in [0.1, 0.15) is 11.5 Å². The summed E-state index contributed by atoms with van der Waals surface area (Å²) < 4.78 is 6.00. The van der Waals surface area contributed by atoms with Crippen molar-refractivity contribution in [1.29, 1.82) is 0 Å². The molecular weight excluding hydrogens is 224 g/mol. The van der Waals surface area contributed by atoms with Crippen molar-refractivity contribution in [3.8, 4) is 0 Å². The van der Waals surface area contributed by atoms with Gasteiger partial charge in [0.15, 0.2) is 0 Å². The zero-order chi connectivity index (χ0) is 12.5. The number of rotatable bonds is 5. The number of likely N-dealkylation sites (tertiary alicyclic amines) is 1. The second-order valence-electron chi connectivity index (χ2n) is 5.95. The zero-order valence-electron chi connectivity index (χ0n) is 11.5. The van der Waals surface area contributed by atoms with Crippen LogP contribution in [0.4, 0.5) is 0 Å². The summed E-state index contributed by atoms with van der Waals surface area (Å²) in [5, 5.41) is 3.29. The van der Waals surface area contributed by atoms with Gasteiger partial charge in [0.2, 0.25) is 0 Å². The summed E-state index contributed by atoms with van der Waals surface area (Å²) in [6.45, 7) is 5.58. The highest BCUT2D eigenvalue weighted by Crippen LogP contribution is 2.47. The maximum atomic E-state index is 6.00. The first-order valence-corrected chi connectivity index (χ1v) is 7.25. The predicted octanol–water partition coefficient (Wildman–Crippen LogP) is 2.59. The standard InChI is InChI=1S/C15H24N2O/c1-11-8-14(11)15-6-5-13(18-15)10-17-7-3-4-12(17)9-16-2/h5-6,11-12,14,16H,3-4,7-10H2,1-2H3. The minimum absolute atomic E-state index is 0.684. The minimum atomic E-state index is 0.684. The number of hydrogen-bond donors (Lipinski definition) is 1. The van der Waals surface area contributed by atoms with E-state index in [4.69, 9.17) is 4.42 Å². The van der Waals surface area contributed by atoms with Crippen molar-refractivity contribution in [3.63, 3.8) is 0 Å². The average molecular weight is 248 g/mol. The monoisotopic (exact) mass is 248 g/mol. The van der Waals surface area contributed by atoms with Gasteiger partial charge in [-0.3, -0.25) is 4.90 Å². The van der Waals surface area contributed by atoms with Crippen molar-refractivity contribution >= 4 is 0 Å². The van der Waals surface area contributed by atoms with Gasteiger partial charge in [-0.05, 0) is 50.9 Å². The Bertz CT molecular complexity index is 401. The average Bonchev–Trinajstić information content (AvgIpc) is 2.80. The molecule has 0 spiro atoms. The molecule has 1 aromatic rings. The van der Waals surface area contributed by atoms with Crippen molar-refractivity contribution < 1.29 is 4.42 Å². The van der Waals surface area contributed by atoms with Gasteiger partial charge in [-0.1, -0.05) is 6.92 Å². The minimum Gasteiger partial charge on any atom is -0.464 e. The van der Waals surface area contributed by atoms with E-state index in [0.29, 0.717) is 12.0 Å². The van der Waals surface area contributed by atoms with E-state index in [0.717, 1.165) is 24.8 Å². The molecule has 3 atom stereocenters. The van der Waals surface area contributed by atoms with Gasteiger partial charge >= 0.3 is 0 Å². The van der Waals surface area contributed by atoms with Gasteiger partial charge in [0, 0.05) is 18.5 Å². The summed E-state index contributed by atoms with van der Waals surface area (Å²) >= 11 is 0. The number of nitrogens with one attached hydrogen (secondary N) is 1. The van der Waals surface area contributed by atoms with Crippen LogP contribution in [0, 0.1) is 5.92 Å². The maximum absolute atomic E-state index is 6.00. The SMILES string of the molecule is CNCC1CCCN1Cc1ccc(C2CC2C)o1. The van der Waals surface area contributed by atoms with Crippen molar-refractivity contribution in [2.75, 3.05) is 20.1 Å². The highest BCUT2D eigenvalue weighted by atomic mass is 16.3. The molecule has 1 saturated carbocycles. The van der Waals surface area contributed by atoms with E-state index in [1.54, 1.807) is 0 Å². The fourth-order valence-corrected chi connectivity index (χ4v) is 3.17. The molecule has 0 amide bonds. The normalized spacial score (nSPS) is 32.0. The van der Waals surface area contributed by atoms with Crippen LogP contribution >= 0.6 is 0 Å². The Hall–Kier alpha value is -0.800. The smallest absolute Gasteiger partial charge is 0.118 e. The third kappa shape index (κ3) is 2.47. The lowest BCUT2D eigenvalue weighted by atomic mass is 10.2. The Morgan fingerprint density at radius 2 is 2.28 bits per heavy atom. The van der Waals surface area contributed by atoms with E-state index in [9.17, 15) is 0 Å². The van der Waals surface area contributed by atoms with E-state index < -0.39 is 0 Å². The predicted molar refractivity (Wildman–Crippen MR) is 72.6 cm³/mol. The summed E-state index contributed by atoms with van der Waals surface area (Å²) in [5.41, 5.74) is 0. The van der Waals surface area contributed by atoms with E-state index in [-0.39, 0.29) is 0 Å². The molecule has 3 heteroatoms. The molecule has 3 unspecified atom stereocenters. The molecule has 2 heterocycles. The van der Waals surface area contributed by atoms with Crippen molar-refractivity contribution in [3.05, 3.63) is 23.7 Å². The lowest BCUT2D eigenvalue weighted by molar-refractivity contribution is 0.221. The fourth-order valence-electron chi connectivity index (χ4n) is 3.17. The lowest BCUT2D eigenvalue weighted by Crippen LogP contribution is -2.36. The van der Waals surface area contributed by atoms with Crippen LogP contribution in [0.3, 0.4) is 0 Å². The van der Waals surface area contributed by atoms with Crippen LogP contribution in [-0.2, 0) is 6.54 Å². The topological polar surface area (TPSA) is 28.4 Å². The van der Waals surface area contributed by atoms with Crippen LogP contribution in [0.5, 0.6) is 0 Å². The van der Waals surface area contributed by atoms with Gasteiger partial charge in [-0.25, -0.2) is 0 Å². The second kappa shape index (κ2) is 5.06. The molecule has 2 fully saturated rings. The first-order valence-electron chi connectivity index (χ1n) is 7.25. The summed E-state index contributed by atoms with van der Waals surface area (Å²) in [5.74, 6) is 3.88. The maximum Gasteiger partial charge on any atom is 0.118 e. The molecule has 0 aromatic carbocycles. The van der Waals surface area contributed by atoms with Crippen LogP contribution in [0.25, 0.3) is 0 Å². The third-order valence-corrected chi connectivity index (χ3v) is 4.46. The highest BCUT2D eigenvalue weighted by molar-refractivity contribution is 5.17. The molecule has 1 aliphatic heterocycles. The molecule has 3 nitrogen and oxygen atoms in total. The molecule has 18 heavy (non-hydrogen) atoms. The molecule has 0 radical (unpaired) electrons. The number of hydrogen-bond acceptors (Lipinski definition) is 3. The largest absolute Gasteiger partial charge is 0.464 e. The number of furan rings is 1.